The van der Waals surface area contributed by atoms with Crippen molar-refractivity contribution in [3.63, 3.8) is 0 Å². The van der Waals surface area contributed by atoms with Crippen LogP contribution in [-0.4, -0.2) is 53.7 Å². The van der Waals surface area contributed by atoms with Crippen molar-refractivity contribution in [3.8, 4) is 0 Å². The van der Waals surface area contributed by atoms with Gasteiger partial charge in [0.2, 0.25) is 11.8 Å². The minimum absolute atomic E-state index is 0.121. The number of fused-ring (bicyclic) bond motifs is 1. The zero-order valence-corrected chi connectivity index (χ0v) is 15.7. The molecule has 1 aromatic rings. The summed E-state index contributed by atoms with van der Waals surface area (Å²) in [6.07, 6.45) is 3.02. The number of hydrogen-bond donors (Lipinski definition) is 2. The Balaban J connectivity index is 1.51. The van der Waals surface area contributed by atoms with Crippen LogP contribution < -0.4 is 11.1 Å². The number of nitrogens with one attached hydrogen (secondary N) is 1. The lowest BCUT2D eigenvalue weighted by Gasteiger charge is -2.29. The standard InChI is InChI=1S/C20H26N4O3/c1-23(12-20(11-21)7-8-20)9-13-3-2-4-14-15(13)10-24(19(14)27)16-5-6-17(25)22-18(16)26/h2-4,16H,5-12,21H2,1H3,(H,22,25,26). The minimum atomic E-state index is -0.569. The number of nitrogens with zero attached hydrogens (tertiary/aromatic N) is 2. The Kier molecular flexibility index (Phi) is 4.52. The second-order valence-electron chi connectivity index (χ2n) is 8.22. The van der Waals surface area contributed by atoms with Gasteiger partial charge in [-0.05, 0) is 55.5 Å². The van der Waals surface area contributed by atoms with Gasteiger partial charge in [0.05, 0.1) is 0 Å². The molecule has 144 valence electrons. The summed E-state index contributed by atoms with van der Waals surface area (Å²) in [7, 11) is 2.09. The van der Waals surface area contributed by atoms with Crippen molar-refractivity contribution in [2.75, 3.05) is 20.1 Å². The largest absolute Gasteiger partial charge is 0.330 e. The monoisotopic (exact) mass is 370 g/mol. The SMILES string of the molecule is CN(Cc1cccc2c1CN(C1CCC(=O)NC1=O)C2=O)CC1(CN)CC1. The summed E-state index contributed by atoms with van der Waals surface area (Å²) >= 11 is 0. The molecule has 1 atom stereocenters. The van der Waals surface area contributed by atoms with Gasteiger partial charge in [0, 0.05) is 31.6 Å². The van der Waals surface area contributed by atoms with Crippen LogP contribution in [0, 0.1) is 5.41 Å². The molecule has 7 heteroatoms. The van der Waals surface area contributed by atoms with E-state index in [0.29, 0.717) is 25.1 Å². The fourth-order valence-corrected chi connectivity index (χ4v) is 4.32. The quantitative estimate of drug-likeness (QED) is 0.716. The molecule has 7 nitrogen and oxygen atoms in total. The van der Waals surface area contributed by atoms with Crippen molar-refractivity contribution in [1.82, 2.24) is 15.1 Å². The van der Waals surface area contributed by atoms with E-state index in [1.165, 1.54) is 12.8 Å². The molecule has 3 amide bonds. The molecule has 0 bridgehead atoms. The predicted octanol–water partition coefficient (Wildman–Crippen LogP) is 0.618. The van der Waals surface area contributed by atoms with Crippen molar-refractivity contribution < 1.29 is 14.4 Å². The number of rotatable bonds is 6. The lowest BCUT2D eigenvalue weighted by Crippen LogP contribution is -2.52. The molecule has 3 aliphatic rings. The molecule has 0 radical (unpaired) electrons. The summed E-state index contributed by atoms with van der Waals surface area (Å²) in [5, 5.41) is 2.35. The molecule has 4 rings (SSSR count). The van der Waals surface area contributed by atoms with Gasteiger partial charge in [-0.1, -0.05) is 12.1 Å². The third kappa shape index (κ3) is 3.37. The first kappa shape index (κ1) is 18.1. The molecule has 27 heavy (non-hydrogen) atoms. The zero-order chi connectivity index (χ0) is 19.2. The number of imide groups is 1. The van der Waals surface area contributed by atoms with Gasteiger partial charge in [-0.2, -0.15) is 0 Å². The molecule has 3 N–H and O–H groups in total. The van der Waals surface area contributed by atoms with E-state index in [4.69, 9.17) is 5.73 Å². The van der Waals surface area contributed by atoms with Crippen LogP contribution in [0.1, 0.15) is 47.2 Å². The Hall–Kier alpha value is -2.25. The van der Waals surface area contributed by atoms with Gasteiger partial charge in [0.1, 0.15) is 6.04 Å². The van der Waals surface area contributed by atoms with Crippen molar-refractivity contribution in [2.24, 2.45) is 11.1 Å². The number of piperidine rings is 1. The summed E-state index contributed by atoms with van der Waals surface area (Å²) < 4.78 is 0. The van der Waals surface area contributed by atoms with Gasteiger partial charge < -0.3 is 15.5 Å². The van der Waals surface area contributed by atoms with E-state index in [1.54, 1.807) is 4.90 Å². The van der Waals surface area contributed by atoms with Gasteiger partial charge in [0.15, 0.2) is 0 Å². The molecular formula is C20H26N4O3. The van der Waals surface area contributed by atoms with Crippen LogP contribution in [0.4, 0.5) is 0 Å². The van der Waals surface area contributed by atoms with E-state index in [-0.39, 0.29) is 29.6 Å². The van der Waals surface area contributed by atoms with E-state index in [9.17, 15) is 14.4 Å². The highest BCUT2D eigenvalue weighted by molar-refractivity contribution is 6.05. The van der Waals surface area contributed by atoms with Gasteiger partial charge in [-0.3, -0.25) is 19.7 Å². The Labute approximate surface area is 158 Å². The topological polar surface area (TPSA) is 95.7 Å². The first-order valence-electron chi connectivity index (χ1n) is 9.56. The van der Waals surface area contributed by atoms with E-state index in [0.717, 1.165) is 24.2 Å². The Morgan fingerprint density at radius 3 is 2.74 bits per heavy atom. The summed E-state index contributed by atoms with van der Waals surface area (Å²) in [4.78, 5) is 40.4. The first-order valence-corrected chi connectivity index (χ1v) is 9.56. The number of hydrogen-bond acceptors (Lipinski definition) is 5. The van der Waals surface area contributed by atoms with Gasteiger partial charge in [0.25, 0.3) is 5.91 Å². The lowest BCUT2D eigenvalue weighted by atomic mass is 10.0. The molecule has 1 saturated heterocycles. The average molecular weight is 370 g/mol. The smallest absolute Gasteiger partial charge is 0.255 e. The van der Waals surface area contributed by atoms with Crippen molar-refractivity contribution in [3.05, 3.63) is 34.9 Å². The highest BCUT2D eigenvalue weighted by Gasteiger charge is 2.42. The maximum Gasteiger partial charge on any atom is 0.255 e. The number of amides is 3. The van der Waals surface area contributed by atoms with Gasteiger partial charge in [-0.25, -0.2) is 0 Å². The Bertz CT molecular complexity index is 802. The number of nitrogens with two attached hydrogens (primary N) is 1. The van der Waals surface area contributed by atoms with Crippen LogP contribution in [0.5, 0.6) is 0 Å². The summed E-state index contributed by atoms with van der Waals surface area (Å²) in [5.74, 6) is -0.758. The normalized spacial score (nSPS) is 23.6. The molecular weight excluding hydrogens is 344 g/mol. The predicted molar refractivity (Wildman–Crippen MR) is 99.5 cm³/mol. The van der Waals surface area contributed by atoms with Gasteiger partial charge in [-0.15, -0.1) is 0 Å². The molecule has 2 aliphatic heterocycles. The Morgan fingerprint density at radius 2 is 2.07 bits per heavy atom. The zero-order valence-electron chi connectivity index (χ0n) is 15.7. The second-order valence-corrected chi connectivity index (χ2v) is 8.22. The number of carbonyl (C=O) groups is 3. The maximum atomic E-state index is 12.9. The molecule has 2 heterocycles. The van der Waals surface area contributed by atoms with Gasteiger partial charge >= 0.3 is 0 Å². The minimum Gasteiger partial charge on any atom is -0.330 e. The highest BCUT2D eigenvalue weighted by Crippen LogP contribution is 2.45. The van der Waals surface area contributed by atoms with E-state index in [1.807, 2.05) is 12.1 Å². The van der Waals surface area contributed by atoms with Crippen LogP contribution in [0.25, 0.3) is 0 Å². The van der Waals surface area contributed by atoms with Crippen LogP contribution in [0.3, 0.4) is 0 Å². The summed E-state index contributed by atoms with van der Waals surface area (Å²) in [5.41, 5.74) is 8.95. The van der Waals surface area contributed by atoms with Crippen LogP contribution in [-0.2, 0) is 22.7 Å². The van der Waals surface area contributed by atoms with Crippen LogP contribution in [0.2, 0.25) is 0 Å². The van der Waals surface area contributed by atoms with Crippen molar-refractivity contribution >= 4 is 17.7 Å². The number of carbonyl (C=O) groups excluding carboxylic acids is 3. The van der Waals surface area contributed by atoms with E-state index >= 15 is 0 Å². The van der Waals surface area contributed by atoms with Crippen molar-refractivity contribution in [2.45, 2.75) is 44.8 Å². The maximum absolute atomic E-state index is 12.9. The summed E-state index contributed by atoms with van der Waals surface area (Å²) in [6.45, 7) is 2.85. The lowest BCUT2D eigenvalue weighted by molar-refractivity contribution is -0.136. The van der Waals surface area contributed by atoms with E-state index in [2.05, 4.69) is 23.3 Å². The van der Waals surface area contributed by atoms with E-state index < -0.39 is 6.04 Å². The molecule has 1 unspecified atom stereocenters. The van der Waals surface area contributed by atoms with Crippen molar-refractivity contribution in [1.29, 1.82) is 0 Å². The highest BCUT2D eigenvalue weighted by atomic mass is 16.2. The molecule has 2 fully saturated rings. The van der Waals surface area contributed by atoms with Crippen LogP contribution in [0.15, 0.2) is 18.2 Å². The molecule has 1 aromatic carbocycles. The fourth-order valence-electron chi connectivity index (χ4n) is 4.32. The first-order chi connectivity index (χ1) is 12.9. The molecule has 1 saturated carbocycles. The second kappa shape index (κ2) is 6.73. The Morgan fingerprint density at radius 1 is 1.30 bits per heavy atom. The fraction of sp³-hybridized carbons (Fsp3) is 0.550. The summed E-state index contributed by atoms with van der Waals surface area (Å²) in [6, 6.07) is 5.22. The van der Waals surface area contributed by atoms with Crippen LogP contribution >= 0.6 is 0 Å². The average Bonchev–Trinajstić information content (AvgIpc) is 3.32. The molecule has 0 aromatic heterocycles. The third-order valence-corrected chi connectivity index (χ3v) is 6.11. The molecule has 1 aliphatic carbocycles. The molecule has 0 spiro atoms. The third-order valence-electron chi connectivity index (χ3n) is 6.11. The number of benzene rings is 1.